The topological polar surface area (TPSA) is 0 Å². The third-order valence-corrected chi connectivity index (χ3v) is 4.45. The van der Waals surface area contributed by atoms with Crippen LogP contribution in [0.4, 0.5) is 8.78 Å². The van der Waals surface area contributed by atoms with Gasteiger partial charge in [0.25, 0.3) is 0 Å². The van der Waals surface area contributed by atoms with Crippen LogP contribution >= 0.6 is 34.4 Å². The Balaban J connectivity index is 2.56. The van der Waals surface area contributed by atoms with Crippen LogP contribution in [-0.2, 0) is 0 Å². The van der Waals surface area contributed by atoms with E-state index in [0.29, 0.717) is 4.90 Å². The quantitative estimate of drug-likeness (QED) is 0.516. The first kappa shape index (κ1) is 9.71. The van der Waals surface area contributed by atoms with E-state index in [9.17, 15) is 8.78 Å². The summed E-state index contributed by atoms with van der Waals surface area (Å²) in [6, 6.07) is 2.40. The molecule has 0 aliphatic carbocycles. The molecule has 0 amide bonds. The van der Waals surface area contributed by atoms with Crippen LogP contribution in [0, 0.1) is 11.6 Å². The maximum Gasteiger partial charge on any atom is 0.139 e. The van der Waals surface area contributed by atoms with Gasteiger partial charge in [-0.3, -0.25) is 0 Å². The van der Waals surface area contributed by atoms with E-state index in [4.69, 9.17) is 0 Å². The summed E-state index contributed by atoms with van der Waals surface area (Å²) in [6.07, 6.45) is 0.987. The molecule has 70 valence electrons. The SMILES string of the molecule is Fc1cc(F)c2c(c1)C(I)CCS2. The number of rotatable bonds is 0. The van der Waals surface area contributed by atoms with Gasteiger partial charge in [-0.15, -0.1) is 11.8 Å². The molecule has 1 aliphatic heterocycles. The molecule has 1 aliphatic rings. The first-order chi connectivity index (χ1) is 6.18. The van der Waals surface area contributed by atoms with Gasteiger partial charge in [-0.1, -0.05) is 22.6 Å². The van der Waals surface area contributed by atoms with Crippen LogP contribution < -0.4 is 0 Å². The summed E-state index contributed by atoms with van der Waals surface area (Å²) in [5.41, 5.74) is 0.814. The van der Waals surface area contributed by atoms with Gasteiger partial charge >= 0.3 is 0 Å². The van der Waals surface area contributed by atoms with Gasteiger partial charge in [-0.2, -0.15) is 0 Å². The van der Waals surface area contributed by atoms with Gasteiger partial charge in [0.1, 0.15) is 11.6 Å². The van der Waals surface area contributed by atoms with Crippen molar-refractivity contribution in [2.45, 2.75) is 15.2 Å². The van der Waals surface area contributed by atoms with Crippen molar-refractivity contribution >= 4 is 34.4 Å². The minimum Gasteiger partial charge on any atom is -0.207 e. The Hall–Kier alpha value is 0.160. The summed E-state index contributed by atoms with van der Waals surface area (Å²) in [5.74, 6) is 0.0326. The minimum absolute atomic E-state index is 0.249. The van der Waals surface area contributed by atoms with E-state index in [1.807, 2.05) is 0 Å². The highest BCUT2D eigenvalue weighted by Crippen LogP contribution is 2.42. The van der Waals surface area contributed by atoms with Gasteiger partial charge < -0.3 is 0 Å². The molecule has 0 fully saturated rings. The van der Waals surface area contributed by atoms with Crippen LogP contribution in [-0.4, -0.2) is 5.75 Å². The van der Waals surface area contributed by atoms with E-state index in [2.05, 4.69) is 22.6 Å². The average molecular weight is 312 g/mol. The lowest BCUT2D eigenvalue weighted by molar-refractivity contribution is 0.557. The Bertz CT molecular complexity index is 341. The monoisotopic (exact) mass is 312 g/mol. The Morgan fingerprint density at radius 2 is 2.15 bits per heavy atom. The minimum atomic E-state index is -0.472. The Morgan fingerprint density at radius 1 is 1.38 bits per heavy atom. The van der Waals surface area contributed by atoms with Gasteiger partial charge in [-0.25, -0.2) is 8.78 Å². The van der Waals surface area contributed by atoms with Crippen molar-refractivity contribution in [2.24, 2.45) is 0 Å². The summed E-state index contributed by atoms with van der Waals surface area (Å²) in [5, 5.41) is 0. The van der Waals surface area contributed by atoms with Crippen molar-refractivity contribution in [1.29, 1.82) is 0 Å². The molecule has 2 rings (SSSR count). The highest BCUT2D eigenvalue weighted by atomic mass is 127. The maximum absolute atomic E-state index is 13.2. The van der Waals surface area contributed by atoms with Gasteiger partial charge in [0.2, 0.25) is 0 Å². The molecule has 0 N–H and O–H groups in total. The number of halogens is 3. The smallest absolute Gasteiger partial charge is 0.139 e. The molecule has 0 bridgehead atoms. The lowest BCUT2D eigenvalue weighted by atomic mass is 10.1. The summed E-state index contributed by atoms with van der Waals surface area (Å²) in [7, 11) is 0. The normalized spacial score (nSPS) is 21.3. The fourth-order valence-corrected chi connectivity index (χ4v) is 3.94. The molecule has 1 aromatic carbocycles. The van der Waals surface area contributed by atoms with Crippen molar-refractivity contribution in [3.05, 3.63) is 29.3 Å². The van der Waals surface area contributed by atoms with E-state index < -0.39 is 11.6 Å². The number of hydrogen-bond donors (Lipinski definition) is 0. The Kier molecular flexibility index (Phi) is 2.78. The second-order valence-corrected chi connectivity index (χ2v) is 5.52. The van der Waals surface area contributed by atoms with Crippen LogP contribution in [0.15, 0.2) is 17.0 Å². The van der Waals surface area contributed by atoms with Gasteiger partial charge in [-0.05, 0) is 23.8 Å². The lowest BCUT2D eigenvalue weighted by Gasteiger charge is -2.20. The summed E-state index contributed by atoms with van der Waals surface area (Å²) >= 11 is 3.72. The second kappa shape index (κ2) is 3.73. The second-order valence-electron chi connectivity index (χ2n) is 2.91. The zero-order chi connectivity index (χ0) is 9.42. The van der Waals surface area contributed by atoms with E-state index in [1.54, 1.807) is 0 Å². The molecular weight excluding hydrogens is 305 g/mol. The molecular formula is C9H7F2IS. The highest BCUT2D eigenvalue weighted by molar-refractivity contribution is 14.1. The molecule has 4 heteroatoms. The third kappa shape index (κ3) is 1.83. The van der Waals surface area contributed by atoms with Crippen molar-refractivity contribution < 1.29 is 8.78 Å². The van der Waals surface area contributed by atoms with Crippen molar-refractivity contribution in [3.8, 4) is 0 Å². The number of fused-ring (bicyclic) bond motifs is 1. The standard InChI is InChI=1S/C9H7F2IS/c10-5-3-6-8(12)1-2-13-9(6)7(11)4-5/h3-4,8H,1-2H2. The molecule has 1 aromatic rings. The molecule has 1 unspecified atom stereocenters. The largest absolute Gasteiger partial charge is 0.207 e. The van der Waals surface area contributed by atoms with Gasteiger partial charge in [0.15, 0.2) is 0 Å². The molecule has 1 atom stereocenters. The van der Waals surface area contributed by atoms with Gasteiger partial charge in [0.05, 0.1) is 0 Å². The predicted molar refractivity (Wildman–Crippen MR) is 58.5 cm³/mol. The maximum atomic E-state index is 13.2. The highest BCUT2D eigenvalue weighted by Gasteiger charge is 2.22. The first-order valence-electron chi connectivity index (χ1n) is 3.94. The molecule has 0 nitrogen and oxygen atoms in total. The van der Waals surface area contributed by atoms with Crippen molar-refractivity contribution in [3.63, 3.8) is 0 Å². The van der Waals surface area contributed by atoms with E-state index in [1.165, 1.54) is 17.8 Å². The summed E-state index contributed by atoms with van der Waals surface area (Å²) < 4.78 is 26.4. The van der Waals surface area contributed by atoms with Crippen LogP contribution in [0.25, 0.3) is 0 Å². The van der Waals surface area contributed by atoms with Crippen LogP contribution in [0.5, 0.6) is 0 Å². The van der Waals surface area contributed by atoms with Crippen LogP contribution in [0.2, 0.25) is 0 Å². The van der Waals surface area contributed by atoms with Crippen molar-refractivity contribution in [2.75, 3.05) is 5.75 Å². The van der Waals surface area contributed by atoms with Crippen LogP contribution in [0.3, 0.4) is 0 Å². The fourth-order valence-electron chi connectivity index (χ4n) is 1.39. The van der Waals surface area contributed by atoms with E-state index in [0.717, 1.165) is 23.8 Å². The molecule has 13 heavy (non-hydrogen) atoms. The molecule has 0 aromatic heterocycles. The number of hydrogen-bond acceptors (Lipinski definition) is 1. The van der Waals surface area contributed by atoms with Crippen molar-refractivity contribution in [1.82, 2.24) is 0 Å². The van der Waals surface area contributed by atoms with E-state index >= 15 is 0 Å². The Morgan fingerprint density at radius 3 is 2.92 bits per heavy atom. The zero-order valence-corrected chi connectivity index (χ0v) is 9.66. The fraction of sp³-hybridized carbons (Fsp3) is 0.333. The third-order valence-electron chi connectivity index (χ3n) is 1.99. The van der Waals surface area contributed by atoms with Gasteiger partial charge in [0, 0.05) is 14.9 Å². The average Bonchev–Trinajstić information content (AvgIpc) is 2.07. The van der Waals surface area contributed by atoms with Crippen LogP contribution in [0.1, 0.15) is 15.9 Å². The number of thioether (sulfide) groups is 1. The number of alkyl halides is 1. The van der Waals surface area contributed by atoms with E-state index in [-0.39, 0.29) is 3.92 Å². The summed E-state index contributed by atoms with van der Waals surface area (Å²) in [6.45, 7) is 0. The number of benzene rings is 1. The molecule has 0 saturated carbocycles. The molecule has 0 spiro atoms. The lowest BCUT2D eigenvalue weighted by Crippen LogP contribution is -2.04. The molecule has 0 radical (unpaired) electrons. The molecule has 1 heterocycles. The summed E-state index contributed by atoms with van der Waals surface area (Å²) in [4.78, 5) is 0.632. The Labute approximate surface area is 93.2 Å². The predicted octanol–water partition coefficient (Wildman–Crippen LogP) is 3.94. The first-order valence-corrected chi connectivity index (χ1v) is 6.17. The molecule has 0 saturated heterocycles. The zero-order valence-electron chi connectivity index (χ0n) is 6.69.